The van der Waals surface area contributed by atoms with Gasteiger partial charge in [0, 0.05) is 23.7 Å². The number of rotatable bonds is 2. The standard InChI is InChI=1S/C11H10N4O/c1-7-2-3-8(6-14-7)11-13-5-4-9(15-11)10(12)16/h2-6H,1H3,(H2,12,16). The molecule has 0 saturated heterocycles. The molecule has 0 bridgehead atoms. The summed E-state index contributed by atoms with van der Waals surface area (Å²) in [6.45, 7) is 1.89. The largest absolute Gasteiger partial charge is 0.364 e. The summed E-state index contributed by atoms with van der Waals surface area (Å²) in [7, 11) is 0. The molecule has 2 heterocycles. The highest BCUT2D eigenvalue weighted by molar-refractivity contribution is 5.91. The summed E-state index contributed by atoms with van der Waals surface area (Å²) in [5, 5.41) is 0. The van der Waals surface area contributed by atoms with E-state index >= 15 is 0 Å². The molecule has 2 aromatic rings. The molecule has 16 heavy (non-hydrogen) atoms. The Labute approximate surface area is 92.4 Å². The van der Waals surface area contributed by atoms with Gasteiger partial charge in [0.1, 0.15) is 5.69 Å². The lowest BCUT2D eigenvalue weighted by atomic mass is 10.2. The molecular formula is C11H10N4O. The summed E-state index contributed by atoms with van der Waals surface area (Å²) >= 11 is 0. The molecule has 2 aromatic heterocycles. The van der Waals surface area contributed by atoms with E-state index < -0.39 is 5.91 Å². The third-order valence-corrected chi connectivity index (χ3v) is 2.08. The van der Waals surface area contributed by atoms with Gasteiger partial charge >= 0.3 is 0 Å². The van der Waals surface area contributed by atoms with Gasteiger partial charge in [-0.25, -0.2) is 9.97 Å². The number of nitrogens with zero attached hydrogens (tertiary/aromatic N) is 3. The van der Waals surface area contributed by atoms with Crippen LogP contribution in [0.1, 0.15) is 16.2 Å². The molecule has 5 nitrogen and oxygen atoms in total. The molecule has 0 spiro atoms. The van der Waals surface area contributed by atoms with Crippen LogP contribution in [0.5, 0.6) is 0 Å². The van der Waals surface area contributed by atoms with E-state index in [-0.39, 0.29) is 5.69 Å². The van der Waals surface area contributed by atoms with Gasteiger partial charge < -0.3 is 5.73 Å². The highest BCUT2D eigenvalue weighted by Gasteiger charge is 2.06. The van der Waals surface area contributed by atoms with Crippen molar-refractivity contribution < 1.29 is 4.79 Å². The SMILES string of the molecule is Cc1ccc(-c2nccc(C(N)=O)n2)cn1. The molecule has 0 unspecified atom stereocenters. The Balaban J connectivity index is 2.44. The number of carbonyl (C=O) groups excluding carboxylic acids is 1. The zero-order chi connectivity index (χ0) is 11.5. The monoisotopic (exact) mass is 214 g/mol. The van der Waals surface area contributed by atoms with Crippen LogP contribution in [0.15, 0.2) is 30.6 Å². The molecule has 2 rings (SSSR count). The Bertz CT molecular complexity index is 522. The Morgan fingerprint density at radius 3 is 2.69 bits per heavy atom. The van der Waals surface area contributed by atoms with E-state index in [1.165, 1.54) is 12.3 Å². The minimum Gasteiger partial charge on any atom is -0.364 e. The quantitative estimate of drug-likeness (QED) is 0.806. The van der Waals surface area contributed by atoms with E-state index in [0.717, 1.165) is 11.3 Å². The predicted octanol–water partition coefficient (Wildman–Crippen LogP) is 0.946. The summed E-state index contributed by atoms with van der Waals surface area (Å²) in [6, 6.07) is 5.19. The number of pyridine rings is 1. The highest BCUT2D eigenvalue weighted by Crippen LogP contribution is 2.13. The van der Waals surface area contributed by atoms with E-state index in [4.69, 9.17) is 5.73 Å². The Hall–Kier alpha value is -2.30. The Morgan fingerprint density at radius 2 is 2.06 bits per heavy atom. The molecule has 5 heteroatoms. The predicted molar refractivity (Wildman–Crippen MR) is 58.5 cm³/mol. The minimum atomic E-state index is -0.566. The average Bonchev–Trinajstić information content (AvgIpc) is 2.30. The highest BCUT2D eigenvalue weighted by atomic mass is 16.1. The molecule has 0 atom stereocenters. The maximum atomic E-state index is 11.0. The number of primary amides is 1. The maximum absolute atomic E-state index is 11.0. The average molecular weight is 214 g/mol. The fraction of sp³-hybridized carbons (Fsp3) is 0.0909. The lowest BCUT2D eigenvalue weighted by molar-refractivity contribution is 0.0995. The van der Waals surface area contributed by atoms with Gasteiger partial charge in [-0.3, -0.25) is 9.78 Å². The topological polar surface area (TPSA) is 81.8 Å². The van der Waals surface area contributed by atoms with Crippen LogP contribution in [0.4, 0.5) is 0 Å². The number of hydrogen-bond acceptors (Lipinski definition) is 4. The molecular weight excluding hydrogens is 204 g/mol. The van der Waals surface area contributed by atoms with Gasteiger partial charge in [0.2, 0.25) is 0 Å². The fourth-order valence-corrected chi connectivity index (χ4v) is 1.24. The van der Waals surface area contributed by atoms with Gasteiger partial charge in [-0.15, -0.1) is 0 Å². The second-order valence-corrected chi connectivity index (χ2v) is 3.32. The van der Waals surface area contributed by atoms with Crippen molar-refractivity contribution in [1.29, 1.82) is 0 Å². The van der Waals surface area contributed by atoms with Gasteiger partial charge in [0.05, 0.1) is 0 Å². The van der Waals surface area contributed by atoms with Crippen molar-refractivity contribution in [2.24, 2.45) is 5.73 Å². The van der Waals surface area contributed by atoms with Gasteiger partial charge in [0.25, 0.3) is 5.91 Å². The third kappa shape index (κ3) is 2.03. The first kappa shape index (κ1) is 10.2. The molecule has 0 saturated carbocycles. The van der Waals surface area contributed by atoms with E-state index in [9.17, 15) is 4.79 Å². The lowest BCUT2D eigenvalue weighted by Gasteiger charge is -2.01. The summed E-state index contributed by atoms with van der Waals surface area (Å²) < 4.78 is 0. The maximum Gasteiger partial charge on any atom is 0.267 e. The van der Waals surface area contributed by atoms with Gasteiger partial charge in [-0.1, -0.05) is 0 Å². The minimum absolute atomic E-state index is 0.200. The first-order valence-electron chi connectivity index (χ1n) is 4.72. The number of aromatic nitrogens is 3. The summed E-state index contributed by atoms with van der Waals surface area (Å²) in [6.07, 6.45) is 3.16. The molecule has 0 aliphatic rings. The van der Waals surface area contributed by atoms with E-state index in [2.05, 4.69) is 15.0 Å². The molecule has 0 fully saturated rings. The van der Waals surface area contributed by atoms with E-state index in [0.29, 0.717) is 5.82 Å². The number of hydrogen-bond donors (Lipinski definition) is 1. The lowest BCUT2D eigenvalue weighted by Crippen LogP contribution is -2.13. The molecule has 0 radical (unpaired) electrons. The van der Waals surface area contributed by atoms with Gasteiger partial charge in [-0.2, -0.15) is 0 Å². The number of aryl methyl sites for hydroxylation is 1. The zero-order valence-corrected chi connectivity index (χ0v) is 8.71. The van der Waals surface area contributed by atoms with Crippen molar-refractivity contribution in [3.8, 4) is 11.4 Å². The number of amides is 1. The second kappa shape index (κ2) is 4.06. The van der Waals surface area contributed by atoms with Crippen LogP contribution in [0.3, 0.4) is 0 Å². The van der Waals surface area contributed by atoms with Crippen LogP contribution in [0.25, 0.3) is 11.4 Å². The van der Waals surface area contributed by atoms with Crippen LogP contribution >= 0.6 is 0 Å². The zero-order valence-electron chi connectivity index (χ0n) is 8.71. The molecule has 1 amide bonds. The summed E-state index contributed by atoms with van der Waals surface area (Å²) in [5.41, 5.74) is 7.01. The van der Waals surface area contributed by atoms with Crippen molar-refractivity contribution in [3.63, 3.8) is 0 Å². The van der Waals surface area contributed by atoms with Crippen molar-refractivity contribution >= 4 is 5.91 Å². The van der Waals surface area contributed by atoms with Crippen molar-refractivity contribution in [2.45, 2.75) is 6.92 Å². The van der Waals surface area contributed by atoms with Crippen LogP contribution in [-0.4, -0.2) is 20.9 Å². The fourth-order valence-electron chi connectivity index (χ4n) is 1.24. The number of carbonyl (C=O) groups is 1. The van der Waals surface area contributed by atoms with Crippen LogP contribution in [-0.2, 0) is 0 Å². The van der Waals surface area contributed by atoms with Crippen molar-refractivity contribution in [1.82, 2.24) is 15.0 Å². The van der Waals surface area contributed by atoms with Gasteiger partial charge in [-0.05, 0) is 25.1 Å². The molecule has 2 N–H and O–H groups in total. The molecule has 80 valence electrons. The normalized spacial score (nSPS) is 10.1. The van der Waals surface area contributed by atoms with Crippen LogP contribution < -0.4 is 5.73 Å². The summed E-state index contributed by atoms with van der Waals surface area (Å²) in [5.74, 6) is -0.118. The van der Waals surface area contributed by atoms with E-state index in [1.807, 2.05) is 19.1 Å². The van der Waals surface area contributed by atoms with Crippen molar-refractivity contribution in [2.75, 3.05) is 0 Å². The molecule has 0 aromatic carbocycles. The first-order valence-corrected chi connectivity index (χ1v) is 4.72. The smallest absolute Gasteiger partial charge is 0.267 e. The van der Waals surface area contributed by atoms with Crippen LogP contribution in [0, 0.1) is 6.92 Å². The molecule has 0 aliphatic heterocycles. The Kier molecular flexibility index (Phi) is 2.59. The summed E-state index contributed by atoms with van der Waals surface area (Å²) in [4.78, 5) is 23.2. The molecule has 0 aliphatic carbocycles. The number of nitrogens with two attached hydrogens (primary N) is 1. The van der Waals surface area contributed by atoms with Gasteiger partial charge in [0.15, 0.2) is 5.82 Å². The third-order valence-electron chi connectivity index (χ3n) is 2.08. The van der Waals surface area contributed by atoms with Crippen molar-refractivity contribution in [3.05, 3.63) is 42.0 Å². The Morgan fingerprint density at radius 1 is 1.25 bits per heavy atom. The van der Waals surface area contributed by atoms with Crippen LogP contribution in [0.2, 0.25) is 0 Å². The van der Waals surface area contributed by atoms with E-state index in [1.54, 1.807) is 6.20 Å². The first-order chi connectivity index (χ1) is 7.66. The second-order valence-electron chi connectivity index (χ2n) is 3.32.